The van der Waals surface area contributed by atoms with Crippen LogP contribution in [0.4, 0.5) is 79.0 Å². The largest absolute Gasteiger partial charge is 0.748 e. The van der Waals surface area contributed by atoms with E-state index in [-0.39, 0.29) is 64.7 Å². The monoisotopic (exact) mass is 1470 g/mol. The molecule has 48 heteroatoms. The lowest BCUT2D eigenvalue weighted by atomic mass is 9.78. The number of ether oxygens (including phenoxy) is 5. The third-order valence-electron chi connectivity index (χ3n) is 14.7. The van der Waals surface area contributed by atoms with Crippen molar-refractivity contribution in [3.8, 4) is 17.2 Å². The zero-order chi connectivity index (χ0) is 75.0. The van der Waals surface area contributed by atoms with Gasteiger partial charge in [-0.3, -0.25) is 9.59 Å². The summed E-state index contributed by atoms with van der Waals surface area (Å²) in [5, 5.41) is 19.9. The zero-order valence-corrected chi connectivity index (χ0v) is 50.4. The molecule has 21 nitrogen and oxygen atoms in total. The molecule has 3 aromatic rings. The summed E-state index contributed by atoms with van der Waals surface area (Å²) >= 11 is 0. The van der Waals surface area contributed by atoms with Crippen LogP contribution in [0.15, 0.2) is 36.4 Å². The molecule has 0 aromatic heterocycles. The Balaban J connectivity index is 0.000000316. The molecule has 2 N–H and O–H groups in total. The molecule has 0 amide bonds. The van der Waals surface area contributed by atoms with E-state index in [1.807, 2.05) is 0 Å². The molecular weight excluding hydrogens is 1430 g/mol. The van der Waals surface area contributed by atoms with Crippen LogP contribution >= 0.6 is 0 Å². The van der Waals surface area contributed by atoms with E-state index in [0.29, 0.717) is 25.0 Å². The molecule has 2 aliphatic carbocycles. The lowest BCUT2D eigenvalue weighted by Crippen LogP contribution is -2.63. The van der Waals surface area contributed by atoms with Gasteiger partial charge in [0, 0.05) is 17.4 Å². The summed E-state index contributed by atoms with van der Waals surface area (Å²) in [6.45, 7) is -0.810. The minimum Gasteiger partial charge on any atom is -0.748 e. The van der Waals surface area contributed by atoms with Gasteiger partial charge >= 0.3 is 77.7 Å². The molecule has 524 valence electrons. The molecule has 3 aliphatic rings. The number of benzene rings is 3. The average molecular weight is 1460 g/mol. The molecular formula is C49H37B6F18O21S3-3. The van der Waals surface area contributed by atoms with Crippen molar-refractivity contribution in [2.24, 2.45) is 23.7 Å². The van der Waals surface area contributed by atoms with Gasteiger partial charge in [-0.2, -0.15) is 79.0 Å². The molecule has 1 heterocycles. The van der Waals surface area contributed by atoms with E-state index in [0.717, 1.165) is 24.3 Å². The van der Waals surface area contributed by atoms with Crippen LogP contribution in [-0.2, 0) is 96.8 Å². The van der Waals surface area contributed by atoms with Crippen LogP contribution in [0, 0.1) is 23.7 Å². The number of phenols is 2. The molecule has 2 saturated carbocycles. The van der Waals surface area contributed by atoms with Crippen molar-refractivity contribution in [3.63, 3.8) is 0 Å². The molecule has 6 rings (SSSR count). The molecule has 12 radical (unpaired) electrons. The summed E-state index contributed by atoms with van der Waals surface area (Å²) in [6, 6.07) is 5.43. The van der Waals surface area contributed by atoms with Gasteiger partial charge in [-0.15, -0.1) is 0 Å². The van der Waals surface area contributed by atoms with E-state index >= 15 is 0 Å². The predicted octanol–water partition coefficient (Wildman–Crippen LogP) is 4.32. The topological polar surface area (TPSA) is 344 Å². The maximum atomic E-state index is 13.6. The Morgan fingerprint density at radius 1 is 0.505 bits per heavy atom. The molecule has 5 atom stereocenters. The second-order valence-corrected chi connectivity index (χ2v) is 25.2. The van der Waals surface area contributed by atoms with E-state index in [1.165, 1.54) is 0 Å². The number of esters is 4. The number of rotatable bonds is 22. The minimum absolute atomic E-state index is 0.00809. The van der Waals surface area contributed by atoms with Gasteiger partial charge in [0.1, 0.15) is 41.1 Å². The number of hydrogen-bond acceptors (Lipinski definition) is 21. The van der Waals surface area contributed by atoms with Crippen molar-refractivity contribution in [2.75, 3.05) is 23.9 Å². The molecule has 3 fully saturated rings. The van der Waals surface area contributed by atoms with Crippen molar-refractivity contribution < 1.29 is 176 Å². The average Bonchev–Trinajstić information content (AvgIpc) is 1.70. The predicted molar refractivity (Wildman–Crippen MR) is 287 cm³/mol. The zero-order valence-electron chi connectivity index (χ0n) is 48.0. The van der Waals surface area contributed by atoms with Crippen molar-refractivity contribution in [1.29, 1.82) is 0 Å². The first-order valence-corrected chi connectivity index (χ1v) is 30.9. The first-order valence-electron chi connectivity index (χ1n) is 26.1. The third kappa shape index (κ3) is 18.1. The highest BCUT2D eigenvalue weighted by molar-refractivity contribution is 7.86. The number of aromatic hydroxyl groups is 2. The number of carbonyl (C=O) groups is 5. The first kappa shape index (κ1) is 82.9. The standard InChI is InChI=1S/C22H19BF6O9S.C14H11B3F6O6S.C13H10B2F6O6S/c23-6-9-1-2-11(18(31)38-20(21(24,25)26,22(27,28)29)8-39(33,34)35)14(3-9)36-7-13(30)16-10-4-12-15(5-10)37-19(32)17(12)16;15-2-6-1-7(3-16)10(24)8(4-17)9(6)11(25)29-12(13(18,19)20,14(21,22)23)5-30(26,27)28;14-3-6-1-7(4-15)9(22)8(2-6)10(23)27-11(12(16,17)18,13(19,20)21)5-28(24,25)26/h1-3,10,12,15-17H,4-8H2,(H,33,34,35);1,24H,2-5H2,(H,26,27,28);1-2,22H,3-5H2,(H,24,25,26)/p-3. The van der Waals surface area contributed by atoms with Gasteiger partial charge in [0.2, 0.25) is 0 Å². The highest BCUT2D eigenvalue weighted by atomic mass is 32.2. The van der Waals surface area contributed by atoms with Crippen LogP contribution in [0.25, 0.3) is 0 Å². The lowest BCUT2D eigenvalue weighted by molar-refractivity contribution is -0.357. The van der Waals surface area contributed by atoms with Crippen LogP contribution in [0.1, 0.15) is 77.3 Å². The number of Topliss-reactive ketones (excluding diaryl/α,β-unsaturated/α-hetero) is 1. The van der Waals surface area contributed by atoms with Gasteiger partial charge in [-0.25, -0.2) is 39.6 Å². The van der Waals surface area contributed by atoms with E-state index in [2.05, 4.69) is 14.2 Å². The summed E-state index contributed by atoms with van der Waals surface area (Å²) in [4.78, 5) is 62.2. The Morgan fingerprint density at radius 3 is 1.29 bits per heavy atom. The fourth-order valence-electron chi connectivity index (χ4n) is 10.3. The smallest absolute Gasteiger partial charge is 0.438 e. The van der Waals surface area contributed by atoms with E-state index in [1.54, 1.807) is 0 Å². The van der Waals surface area contributed by atoms with Gasteiger partial charge < -0.3 is 47.6 Å². The van der Waals surface area contributed by atoms with Gasteiger partial charge in [0.05, 0.1) is 106 Å². The van der Waals surface area contributed by atoms with Crippen LogP contribution in [0.2, 0.25) is 0 Å². The van der Waals surface area contributed by atoms with Crippen LogP contribution in [0.5, 0.6) is 17.2 Å². The maximum Gasteiger partial charge on any atom is 0.438 e. The number of alkyl halides is 18. The highest BCUT2D eigenvalue weighted by Gasteiger charge is 2.78. The quantitative estimate of drug-likeness (QED) is 0.0465. The van der Waals surface area contributed by atoms with Gasteiger partial charge in [0.25, 0.3) is 0 Å². The molecule has 2 bridgehead atoms. The number of fused-ring (bicyclic) bond motifs is 1. The van der Waals surface area contributed by atoms with E-state index < -0.39 is 208 Å². The highest BCUT2D eigenvalue weighted by Crippen LogP contribution is 2.58. The fourth-order valence-corrected chi connectivity index (χ4v) is 12.9. The fraction of sp³-hybridized carbons (Fsp3) is 0.531. The van der Waals surface area contributed by atoms with Crippen LogP contribution in [-0.4, -0.2) is 210 Å². The Kier molecular flexibility index (Phi) is 25.1. The Hall–Kier alpha value is -6.53. The van der Waals surface area contributed by atoms with Crippen molar-refractivity contribution in [1.82, 2.24) is 0 Å². The van der Waals surface area contributed by atoms with Crippen molar-refractivity contribution in [2.45, 2.75) is 111 Å². The third-order valence-corrected chi connectivity index (χ3v) is 17.0. The molecule has 1 aliphatic heterocycles. The molecule has 5 unspecified atom stereocenters. The number of ketones is 1. The van der Waals surface area contributed by atoms with Crippen molar-refractivity contribution in [3.05, 3.63) is 86.5 Å². The van der Waals surface area contributed by atoms with Gasteiger partial charge in [0.15, 0.2) is 5.78 Å². The first-order chi connectivity index (χ1) is 43.8. The van der Waals surface area contributed by atoms with Gasteiger partial charge in [-0.1, -0.05) is 67.2 Å². The summed E-state index contributed by atoms with van der Waals surface area (Å²) in [5.74, 6) is -22.1. The number of hydrogen-bond donors (Lipinski definition) is 2. The van der Waals surface area contributed by atoms with E-state index in [9.17, 15) is 152 Å². The second kappa shape index (κ2) is 29.3. The van der Waals surface area contributed by atoms with Gasteiger partial charge in [-0.05, 0) is 53.6 Å². The van der Waals surface area contributed by atoms with Crippen LogP contribution in [0.3, 0.4) is 0 Å². The number of carbonyl (C=O) groups excluding carboxylic acids is 5. The summed E-state index contributed by atoms with van der Waals surface area (Å²) in [5.41, 5.74) is -21.5. The van der Waals surface area contributed by atoms with Crippen molar-refractivity contribution >= 4 is 107 Å². The Morgan fingerprint density at radius 2 is 0.907 bits per heavy atom. The molecule has 97 heavy (non-hydrogen) atoms. The summed E-state index contributed by atoms with van der Waals surface area (Å²) < 4.78 is 359. The minimum atomic E-state index is -6.57. The Bertz CT molecular complexity index is 3790. The number of halogens is 18. The van der Waals surface area contributed by atoms with E-state index in [4.69, 9.17) is 56.6 Å². The summed E-state index contributed by atoms with van der Waals surface area (Å²) in [6.07, 6.45) is -41.3. The SMILES string of the molecule is [B]Cc1cc(C[B])c(C(=O)OC(CS(=O)(=O)[O-])(C(F)(F)F)C(F)(F)F)c(C[B])c1O.[B]Cc1cc(C[B])c(O)c(C(=O)OC(CS(=O)(=O)[O-])(C(F)(F)F)C(F)(F)F)c1.[B]Cc1ccc(C(=O)OC(CS(=O)(=O)[O-])(C(F)(F)F)C(F)(F)F)c(OCC(=O)C2C3CC4OC(=O)C2C4C3)c1. The molecule has 0 spiro atoms. The normalized spacial score (nSPS) is 18.6. The molecule has 3 aromatic carbocycles. The van der Waals surface area contributed by atoms with Crippen LogP contribution < -0.4 is 4.74 Å². The Labute approximate surface area is 543 Å². The summed E-state index contributed by atoms with van der Waals surface area (Å²) in [7, 11) is 13.5. The lowest BCUT2D eigenvalue weighted by Gasteiger charge is -2.37. The number of phenolic OH excluding ortho intramolecular Hbond substituents is 2. The molecule has 1 saturated heterocycles. The maximum absolute atomic E-state index is 13.6. The second-order valence-electron chi connectivity index (χ2n) is 21.0.